The molecular formula is C14H19N3OS. The molecule has 1 heterocycles. The molecule has 1 saturated heterocycles. The van der Waals surface area contributed by atoms with E-state index in [1.54, 1.807) is 0 Å². The smallest absolute Gasteiger partial charge is 0.254 e. The number of carbonyl (C=O) groups is 1. The van der Waals surface area contributed by atoms with Crippen LogP contribution in [0.15, 0.2) is 24.3 Å². The van der Waals surface area contributed by atoms with E-state index in [1.165, 1.54) is 0 Å². The van der Waals surface area contributed by atoms with Gasteiger partial charge in [-0.2, -0.15) is 0 Å². The van der Waals surface area contributed by atoms with Crippen LogP contribution in [0.4, 0.5) is 0 Å². The summed E-state index contributed by atoms with van der Waals surface area (Å²) in [6.07, 6.45) is 1.46. The summed E-state index contributed by atoms with van der Waals surface area (Å²) >= 11 is 4.94. The standard InChI is InChI=1S/C14H19N3OS/c15-13(19)10-11-4-1-2-5-12(11)14(18)17-8-3-6-16-7-9-17/h1-2,4-5,16H,3,6-10H2,(H2,15,19). The van der Waals surface area contributed by atoms with Gasteiger partial charge in [0, 0.05) is 31.6 Å². The van der Waals surface area contributed by atoms with Gasteiger partial charge in [0.15, 0.2) is 0 Å². The lowest BCUT2D eigenvalue weighted by Gasteiger charge is -2.21. The number of hydrogen-bond donors (Lipinski definition) is 2. The lowest BCUT2D eigenvalue weighted by atomic mass is 10.0. The summed E-state index contributed by atoms with van der Waals surface area (Å²) < 4.78 is 0. The summed E-state index contributed by atoms with van der Waals surface area (Å²) in [6, 6.07) is 7.57. The maximum absolute atomic E-state index is 12.6. The van der Waals surface area contributed by atoms with Crippen LogP contribution in [-0.4, -0.2) is 42.0 Å². The van der Waals surface area contributed by atoms with Crippen molar-refractivity contribution < 1.29 is 4.79 Å². The van der Waals surface area contributed by atoms with E-state index in [0.717, 1.165) is 43.7 Å². The number of amides is 1. The molecular weight excluding hydrogens is 258 g/mol. The second kappa shape index (κ2) is 6.63. The Bertz CT molecular complexity index is 468. The molecule has 102 valence electrons. The van der Waals surface area contributed by atoms with Crippen LogP contribution in [0.5, 0.6) is 0 Å². The van der Waals surface area contributed by atoms with Crippen molar-refractivity contribution in [1.82, 2.24) is 10.2 Å². The minimum atomic E-state index is 0.0792. The summed E-state index contributed by atoms with van der Waals surface area (Å²) in [5.41, 5.74) is 7.23. The highest BCUT2D eigenvalue weighted by molar-refractivity contribution is 7.80. The Morgan fingerprint density at radius 3 is 2.89 bits per heavy atom. The molecule has 0 aromatic heterocycles. The average Bonchev–Trinajstić information content (AvgIpc) is 2.67. The molecule has 19 heavy (non-hydrogen) atoms. The van der Waals surface area contributed by atoms with E-state index in [-0.39, 0.29) is 5.91 Å². The van der Waals surface area contributed by atoms with E-state index in [2.05, 4.69) is 5.32 Å². The van der Waals surface area contributed by atoms with E-state index < -0.39 is 0 Å². The third kappa shape index (κ3) is 3.75. The monoisotopic (exact) mass is 277 g/mol. The van der Waals surface area contributed by atoms with Gasteiger partial charge in [-0.15, -0.1) is 0 Å². The molecule has 1 aliphatic rings. The number of nitrogens with two attached hydrogens (primary N) is 1. The number of rotatable bonds is 3. The maximum Gasteiger partial charge on any atom is 0.254 e. The lowest BCUT2D eigenvalue weighted by molar-refractivity contribution is 0.0765. The van der Waals surface area contributed by atoms with Gasteiger partial charge < -0.3 is 16.0 Å². The third-order valence-electron chi connectivity index (χ3n) is 3.24. The molecule has 0 unspecified atom stereocenters. The molecule has 5 heteroatoms. The summed E-state index contributed by atoms with van der Waals surface area (Å²) in [5, 5.41) is 3.30. The van der Waals surface area contributed by atoms with Crippen LogP contribution >= 0.6 is 12.2 Å². The molecule has 1 amide bonds. The van der Waals surface area contributed by atoms with Crippen LogP contribution in [0.3, 0.4) is 0 Å². The fourth-order valence-electron chi connectivity index (χ4n) is 2.29. The highest BCUT2D eigenvalue weighted by atomic mass is 32.1. The molecule has 3 N–H and O–H groups in total. The number of carbonyl (C=O) groups excluding carboxylic acids is 1. The van der Waals surface area contributed by atoms with Crippen molar-refractivity contribution in [3.63, 3.8) is 0 Å². The van der Waals surface area contributed by atoms with Crippen molar-refractivity contribution in [2.45, 2.75) is 12.8 Å². The SMILES string of the molecule is NC(=S)Cc1ccccc1C(=O)N1CCCNCC1. The Labute approximate surface area is 119 Å². The molecule has 0 aliphatic carbocycles. The zero-order valence-electron chi connectivity index (χ0n) is 10.9. The lowest BCUT2D eigenvalue weighted by Crippen LogP contribution is -2.35. The Balaban J connectivity index is 2.19. The largest absolute Gasteiger partial charge is 0.393 e. The van der Waals surface area contributed by atoms with E-state index in [4.69, 9.17) is 18.0 Å². The maximum atomic E-state index is 12.6. The second-order valence-electron chi connectivity index (χ2n) is 4.70. The van der Waals surface area contributed by atoms with E-state index in [1.807, 2.05) is 29.2 Å². The van der Waals surface area contributed by atoms with Crippen molar-refractivity contribution >= 4 is 23.1 Å². The number of benzene rings is 1. The average molecular weight is 277 g/mol. The Morgan fingerprint density at radius 2 is 2.11 bits per heavy atom. The highest BCUT2D eigenvalue weighted by Gasteiger charge is 2.19. The summed E-state index contributed by atoms with van der Waals surface area (Å²) in [6.45, 7) is 3.37. The van der Waals surface area contributed by atoms with Gasteiger partial charge in [-0.3, -0.25) is 4.79 Å². The predicted molar refractivity (Wildman–Crippen MR) is 80.3 cm³/mol. The second-order valence-corrected chi connectivity index (χ2v) is 5.22. The molecule has 1 aromatic rings. The Morgan fingerprint density at radius 1 is 1.32 bits per heavy atom. The van der Waals surface area contributed by atoms with Gasteiger partial charge in [-0.25, -0.2) is 0 Å². The summed E-state index contributed by atoms with van der Waals surface area (Å²) in [7, 11) is 0. The zero-order valence-corrected chi connectivity index (χ0v) is 11.7. The van der Waals surface area contributed by atoms with Crippen molar-refractivity contribution in [3.05, 3.63) is 35.4 Å². The van der Waals surface area contributed by atoms with E-state index >= 15 is 0 Å². The molecule has 1 fully saturated rings. The first-order valence-corrected chi connectivity index (χ1v) is 6.95. The number of hydrogen-bond acceptors (Lipinski definition) is 3. The van der Waals surface area contributed by atoms with Crippen LogP contribution in [0.2, 0.25) is 0 Å². The van der Waals surface area contributed by atoms with Crippen molar-refractivity contribution in [3.8, 4) is 0 Å². The quantitative estimate of drug-likeness (QED) is 0.808. The van der Waals surface area contributed by atoms with Crippen molar-refractivity contribution in [1.29, 1.82) is 0 Å². The number of thiocarbonyl (C=S) groups is 1. The Kier molecular flexibility index (Phi) is 4.87. The van der Waals surface area contributed by atoms with Gasteiger partial charge in [0.2, 0.25) is 0 Å². The minimum Gasteiger partial charge on any atom is -0.393 e. The fourth-order valence-corrected chi connectivity index (χ4v) is 2.45. The van der Waals surface area contributed by atoms with Gasteiger partial charge in [-0.05, 0) is 24.6 Å². The van der Waals surface area contributed by atoms with E-state index in [9.17, 15) is 4.79 Å². The first-order chi connectivity index (χ1) is 9.18. The van der Waals surface area contributed by atoms with Crippen LogP contribution in [0.1, 0.15) is 22.3 Å². The molecule has 4 nitrogen and oxygen atoms in total. The van der Waals surface area contributed by atoms with E-state index in [0.29, 0.717) is 11.4 Å². The topological polar surface area (TPSA) is 58.4 Å². The molecule has 1 aromatic carbocycles. The van der Waals surface area contributed by atoms with Gasteiger partial charge in [0.05, 0.1) is 4.99 Å². The minimum absolute atomic E-state index is 0.0792. The Hall–Kier alpha value is -1.46. The van der Waals surface area contributed by atoms with Gasteiger partial charge >= 0.3 is 0 Å². The van der Waals surface area contributed by atoms with Crippen LogP contribution < -0.4 is 11.1 Å². The highest BCUT2D eigenvalue weighted by Crippen LogP contribution is 2.13. The molecule has 0 bridgehead atoms. The first kappa shape index (κ1) is 14.0. The molecule has 0 saturated carbocycles. The van der Waals surface area contributed by atoms with Crippen molar-refractivity contribution in [2.24, 2.45) is 5.73 Å². The first-order valence-electron chi connectivity index (χ1n) is 6.54. The van der Waals surface area contributed by atoms with Gasteiger partial charge in [0.25, 0.3) is 5.91 Å². The zero-order chi connectivity index (χ0) is 13.7. The third-order valence-corrected chi connectivity index (χ3v) is 3.38. The molecule has 2 rings (SSSR count). The summed E-state index contributed by atoms with van der Waals surface area (Å²) in [5.74, 6) is 0.0792. The normalized spacial score (nSPS) is 15.9. The summed E-state index contributed by atoms with van der Waals surface area (Å²) in [4.78, 5) is 14.9. The molecule has 0 atom stereocenters. The number of nitrogens with zero attached hydrogens (tertiary/aromatic N) is 1. The van der Waals surface area contributed by atoms with Gasteiger partial charge in [-0.1, -0.05) is 30.4 Å². The van der Waals surface area contributed by atoms with Crippen LogP contribution in [0, 0.1) is 0 Å². The van der Waals surface area contributed by atoms with Gasteiger partial charge in [0.1, 0.15) is 0 Å². The van der Waals surface area contributed by atoms with Crippen molar-refractivity contribution in [2.75, 3.05) is 26.2 Å². The molecule has 0 spiro atoms. The molecule has 1 aliphatic heterocycles. The number of nitrogens with one attached hydrogen (secondary N) is 1. The van der Waals surface area contributed by atoms with Crippen LogP contribution in [0.25, 0.3) is 0 Å². The van der Waals surface area contributed by atoms with Crippen LogP contribution in [-0.2, 0) is 6.42 Å². The predicted octanol–water partition coefficient (Wildman–Crippen LogP) is 0.951. The fraction of sp³-hybridized carbons (Fsp3) is 0.429. The molecule has 0 radical (unpaired) electrons.